The summed E-state index contributed by atoms with van der Waals surface area (Å²) in [7, 11) is 1.59. The van der Waals surface area contributed by atoms with Gasteiger partial charge >= 0.3 is 6.03 Å². The lowest BCUT2D eigenvalue weighted by molar-refractivity contribution is -0.117. The Morgan fingerprint density at radius 2 is 1.88 bits per heavy atom. The lowest BCUT2D eigenvalue weighted by Gasteiger charge is -2.18. The summed E-state index contributed by atoms with van der Waals surface area (Å²) in [5, 5.41) is 5.72. The molecule has 3 rings (SSSR count). The first kappa shape index (κ1) is 17.8. The molecule has 6 heteroatoms. The van der Waals surface area contributed by atoms with Gasteiger partial charge in [-0.2, -0.15) is 0 Å². The van der Waals surface area contributed by atoms with Crippen molar-refractivity contribution in [2.75, 3.05) is 23.9 Å². The molecular formula is C20H23N3O3. The van der Waals surface area contributed by atoms with Crippen molar-refractivity contribution >= 4 is 23.3 Å². The average Bonchev–Trinajstić information content (AvgIpc) is 2.94. The summed E-state index contributed by atoms with van der Waals surface area (Å²) < 4.78 is 5.21. The highest BCUT2D eigenvalue weighted by Gasteiger charge is 2.31. The number of anilines is 2. The number of ether oxygens (including phenoxy) is 1. The van der Waals surface area contributed by atoms with E-state index in [1.165, 1.54) is 0 Å². The van der Waals surface area contributed by atoms with Crippen LogP contribution in [-0.2, 0) is 4.79 Å². The smallest absolute Gasteiger partial charge is 0.319 e. The molecule has 1 fully saturated rings. The molecule has 2 aromatic carbocycles. The van der Waals surface area contributed by atoms with Gasteiger partial charge in [-0.15, -0.1) is 0 Å². The number of nitrogens with one attached hydrogen (secondary N) is 2. The minimum Gasteiger partial charge on any atom is -0.497 e. The molecule has 1 saturated heterocycles. The molecule has 0 saturated carbocycles. The molecule has 136 valence electrons. The van der Waals surface area contributed by atoms with E-state index in [1.807, 2.05) is 56.3 Å². The van der Waals surface area contributed by atoms with Crippen LogP contribution in [0.25, 0.3) is 0 Å². The lowest BCUT2D eigenvalue weighted by Crippen LogP contribution is -2.39. The summed E-state index contributed by atoms with van der Waals surface area (Å²) in [6, 6.07) is 12.7. The van der Waals surface area contributed by atoms with E-state index in [0.717, 1.165) is 22.5 Å². The number of aryl methyl sites for hydroxylation is 2. The number of carbonyl (C=O) groups is 2. The van der Waals surface area contributed by atoms with Crippen molar-refractivity contribution in [2.24, 2.45) is 0 Å². The average molecular weight is 353 g/mol. The maximum Gasteiger partial charge on any atom is 0.319 e. The van der Waals surface area contributed by atoms with E-state index in [0.29, 0.717) is 12.3 Å². The lowest BCUT2D eigenvalue weighted by atomic mass is 10.1. The molecule has 1 aliphatic rings. The Hall–Kier alpha value is -3.02. The van der Waals surface area contributed by atoms with Gasteiger partial charge in [-0.25, -0.2) is 4.79 Å². The van der Waals surface area contributed by atoms with E-state index < -0.39 is 0 Å². The number of amides is 3. The Balaban J connectivity index is 1.62. The summed E-state index contributed by atoms with van der Waals surface area (Å²) in [6.45, 7) is 4.40. The number of hydrogen-bond acceptors (Lipinski definition) is 3. The highest BCUT2D eigenvalue weighted by atomic mass is 16.5. The minimum atomic E-state index is -0.305. The van der Waals surface area contributed by atoms with Crippen molar-refractivity contribution in [2.45, 2.75) is 26.3 Å². The van der Waals surface area contributed by atoms with Gasteiger partial charge in [0.1, 0.15) is 5.75 Å². The number of carbonyl (C=O) groups excluding carboxylic acids is 2. The second-order valence-corrected chi connectivity index (χ2v) is 6.58. The predicted octanol–water partition coefficient (Wildman–Crippen LogP) is 3.24. The van der Waals surface area contributed by atoms with E-state index in [1.54, 1.807) is 12.0 Å². The number of hydrogen-bond donors (Lipinski definition) is 2. The zero-order chi connectivity index (χ0) is 18.7. The zero-order valence-corrected chi connectivity index (χ0v) is 15.2. The van der Waals surface area contributed by atoms with Gasteiger partial charge in [0.2, 0.25) is 5.91 Å². The standard InChI is InChI=1S/C20H23N3O3/c1-13-7-14(2)9-15(8-13)21-20(25)22-16-10-19(24)23(12-16)17-5-4-6-18(11-17)26-3/h4-9,11,16H,10,12H2,1-3H3,(H2,21,22,25)/t16-/m0/s1. The summed E-state index contributed by atoms with van der Waals surface area (Å²) in [5.41, 5.74) is 3.68. The Morgan fingerprint density at radius 1 is 1.15 bits per heavy atom. The van der Waals surface area contributed by atoms with Gasteiger partial charge in [-0.05, 0) is 49.2 Å². The van der Waals surface area contributed by atoms with Crippen molar-refractivity contribution in [3.8, 4) is 5.75 Å². The maximum atomic E-state index is 12.3. The highest BCUT2D eigenvalue weighted by Crippen LogP contribution is 2.25. The van der Waals surface area contributed by atoms with Crippen molar-refractivity contribution < 1.29 is 14.3 Å². The topological polar surface area (TPSA) is 70.7 Å². The summed E-state index contributed by atoms with van der Waals surface area (Å²) in [5.74, 6) is 0.675. The number of methoxy groups -OCH3 is 1. The van der Waals surface area contributed by atoms with Gasteiger partial charge in [0, 0.05) is 30.4 Å². The predicted molar refractivity (Wildman–Crippen MR) is 102 cm³/mol. The molecule has 0 aromatic heterocycles. The van der Waals surface area contributed by atoms with Crippen LogP contribution in [-0.4, -0.2) is 31.6 Å². The van der Waals surface area contributed by atoms with Crippen molar-refractivity contribution in [1.82, 2.24) is 5.32 Å². The van der Waals surface area contributed by atoms with Gasteiger partial charge in [0.25, 0.3) is 0 Å². The number of urea groups is 1. The molecule has 0 radical (unpaired) electrons. The third kappa shape index (κ3) is 4.14. The fraction of sp³-hybridized carbons (Fsp3) is 0.300. The van der Waals surface area contributed by atoms with Crippen LogP contribution >= 0.6 is 0 Å². The second kappa shape index (κ2) is 7.47. The van der Waals surface area contributed by atoms with E-state index >= 15 is 0 Å². The molecule has 6 nitrogen and oxygen atoms in total. The molecule has 2 N–H and O–H groups in total. The Bertz CT molecular complexity index is 815. The molecule has 0 spiro atoms. The largest absolute Gasteiger partial charge is 0.497 e. The monoisotopic (exact) mass is 353 g/mol. The molecule has 26 heavy (non-hydrogen) atoms. The molecular weight excluding hydrogens is 330 g/mol. The van der Waals surface area contributed by atoms with Crippen molar-refractivity contribution in [3.05, 3.63) is 53.6 Å². The fourth-order valence-electron chi connectivity index (χ4n) is 3.23. The molecule has 1 aliphatic heterocycles. The Labute approximate surface area is 153 Å². The van der Waals surface area contributed by atoms with E-state index in [4.69, 9.17) is 4.74 Å². The molecule has 0 unspecified atom stereocenters. The first-order chi connectivity index (χ1) is 12.4. The number of rotatable bonds is 4. The molecule has 2 aromatic rings. The van der Waals surface area contributed by atoms with Gasteiger partial charge < -0.3 is 20.3 Å². The van der Waals surface area contributed by atoms with E-state index in [9.17, 15) is 9.59 Å². The summed E-state index contributed by atoms with van der Waals surface area (Å²) in [4.78, 5) is 26.3. The van der Waals surface area contributed by atoms with Crippen LogP contribution in [0.15, 0.2) is 42.5 Å². The van der Waals surface area contributed by atoms with E-state index in [-0.39, 0.29) is 24.4 Å². The minimum absolute atomic E-state index is 0.0186. The summed E-state index contributed by atoms with van der Waals surface area (Å²) >= 11 is 0. The first-order valence-corrected chi connectivity index (χ1v) is 8.55. The van der Waals surface area contributed by atoms with Crippen LogP contribution < -0.4 is 20.3 Å². The van der Waals surface area contributed by atoms with Crippen molar-refractivity contribution in [3.63, 3.8) is 0 Å². The Morgan fingerprint density at radius 3 is 2.58 bits per heavy atom. The quantitative estimate of drug-likeness (QED) is 0.886. The number of nitrogens with zero attached hydrogens (tertiary/aromatic N) is 1. The van der Waals surface area contributed by atoms with Crippen LogP contribution in [0.2, 0.25) is 0 Å². The third-order valence-corrected chi connectivity index (χ3v) is 4.30. The van der Waals surface area contributed by atoms with Gasteiger partial charge in [0.15, 0.2) is 0 Å². The van der Waals surface area contributed by atoms with Crippen LogP contribution in [0.1, 0.15) is 17.5 Å². The number of benzene rings is 2. The van der Waals surface area contributed by atoms with Gasteiger partial charge in [-0.1, -0.05) is 12.1 Å². The molecule has 1 atom stereocenters. The Kier molecular flexibility index (Phi) is 5.11. The molecule has 0 bridgehead atoms. The van der Waals surface area contributed by atoms with Gasteiger partial charge in [0.05, 0.1) is 13.2 Å². The SMILES string of the molecule is COc1cccc(N2C[C@@H](NC(=O)Nc3cc(C)cc(C)c3)CC2=O)c1. The van der Waals surface area contributed by atoms with Crippen LogP contribution in [0.3, 0.4) is 0 Å². The van der Waals surface area contributed by atoms with Crippen LogP contribution in [0.5, 0.6) is 5.75 Å². The normalized spacial score (nSPS) is 16.5. The zero-order valence-electron chi connectivity index (χ0n) is 15.2. The second-order valence-electron chi connectivity index (χ2n) is 6.58. The summed E-state index contributed by atoms with van der Waals surface area (Å²) in [6.07, 6.45) is 0.275. The van der Waals surface area contributed by atoms with Crippen LogP contribution in [0, 0.1) is 13.8 Å². The van der Waals surface area contributed by atoms with Gasteiger partial charge in [-0.3, -0.25) is 4.79 Å². The molecule has 0 aliphatic carbocycles. The third-order valence-electron chi connectivity index (χ3n) is 4.30. The maximum absolute atomic E-state index is 12.3. The van der Waals surface area contributed by atoms with E-state index in [2.05, 4.69) is 10.6 Å². The molecule has 1 heterocycles. The fourth-order valence-corrected chi connectivity index (χ4v) is 3.23. The van der Waals surface area contributed by atoms with Crippen LogP contribution in [0.4, 0.5) is 16.2 Å². The highest BCUT2D eigenvalue weighted by molar-refractivity contribution is 5.97. The molecule has 3 amide bonds. The van der Waals surface area contributed by atoms with Crippen molar-refractivity contribution in [1.29, 1.82) is 0 Å². The first-order valence-electron chi connectivity index (χ1n) is 8.55.